The topological polar surface area (TPSA) is 101 Å². The van der Waals surface area contributed by atoms with Crippen molar-refractivity contribution in [2.24, 2.45) is 10.7 Å². The minimum atomic E-state index is -0.615. The van der Waals surface area contributed by atoms with Crippen molar-refractivity contribution in [1.29, 1.82) is 0 Å². The third kappa shape index (κ3) is 4.40. The van der Waals surface area contributed by atoms with Gasteiger partial charge in [-0.2, -0.15) is 5.10 Å². The number of nitrogens with one attached hydrogen (secondary N) is 1. The number of aliphatic hydroxyl groups is 1. The van der Waals surface area contributed by atoms with E-state index in [-0.39, 0.29) is 22.2 Å². The number of aliphatic imine (C=N–C) groups is 1. The van der Waals surface area contributed by atoms with E-state index in [4.69, 9.17) is 28.9 Å². The molecule has 0 fully saturated rings. The van der Waals surface area contributed by atoms with Gasteiger partial charge in [0.05, 0.1) is 34.6 Å². The van der Waals surface area contributed by atoms with Crippen LogP contribution >= 0.6 is 23.2 Å². The van der Waals surface area contributed by atoms with E-state index in [1.807, 2.05) is 0 Å². The van der Waals surface area contributed by atoms with Gasteiger partial charge in [0.1, 0.15) is 22.8 Å². The van der Waals surface area contributed by atoms with E-state index in [2.05, 4.69) is 27.0 Å². The first-order chi connectivity index (χ1) is 13.8. The number of aromatic nitrogens is 3. The largest absolute Gasteiger partial charge is 0.392 e. The normalized spacial score (nSPS) is 12.1. The van der Waals surface area contributed by atoms with Crippen LogP contribution in [0.25, 0.3) is 16.6 Å². The first-order valence-corrected chi connectivity index (χ1v) is 9.11. The fourth-order valence-electron chi connectivity index (χ4n) is 2.66. The molecule has 0 saturated carbocycles. The summed E-state index contributed by atoms with van der Waals surface area (Å²) >= 11 is 12.6. The van der Waals surface area contributed by atoms with E-state index in [9.17, 15) is 9.50 Å². The SMILES string of the molecule is C=C(C)/C=C(\N=C/N)Nc1ncc(F)c2nn(-c3c(Cl)cc(CO)cc3Cl)cc12. The molecular formula is C19H17Cl2FN6O. The number of benzene rings is 1. The molecule has 29 heavy (non-hydrogen) atoms. The summed E-state index contributed by atoms with van der Waals surface area (Å²) in [6.45, 7) is 5.37. The van der Waals surface area contributed by atoms with Crippen LogP contribution in [0.5, 0.6) is 0 Å². The predicted octanol–water partition coefficient (Wildman–Crippen LogP) is 4.18. The van der Waals surface area contributed by atoms with Crippen LogP contribution in [-0.4, -0.2) is 26.2 Å². The van der Waals surface area contributed by atoms with Gasteiger partial charge in [-0.3, -0.25) is 0 Å². The summed E-state index contributed by atoms with van der Waals surface area (Å²) in [5, 5.41) is 17.4. The van der Waals surface area contributed by atoms with Gasteiger partial charge in [0.25, 0.3) is 0 Å². The Bertz CT molecular complexity index is 1130. The molecule has 0 aliphatic heterocycles. The molecule has 0 saturated heterocycles. The summed E-state index contributed by atoms with van der Waals surface area (Å²) in [4.78, 5) is 8.11. The second-order valence-corrected chi connectivity index (χ2v) is 6.95. The number of halogens is 3. The lowest BCUT2D eigenvalue weighted by atomic mass is 10.2. The molecule has 4 N–H and O–H groups in total. The van der Waals surface area contributed by atoms with Crippen molar-refractivity contribution in [3.05, 3.63) is 70.0 Å². The highest BCUT2D eigenvalue weighted by Gasteiger charge is 2.17. The van der Waals surface area contributed by atoms with Crippen molar-refractivity contribution in [3.63, 3.8) is 0 Å². The Kier molecular flexibility index (Phi) is 6.17. The summed E-state index contributed by atoms with van der Waals surface area (Å²) in [6.07, 6.45) is 5.37. The number of rotatable bonds is 6. The first kappa shape index (κ1) is 20.8. The lowest BCUT2D eigenvalue weighted by Crippen LogP contribution is -2.03. The van der Waals surface area contributed by atoms with Gasteiger partial charge in [-0.25, -0.2) is 19.0 Å². The zero-order valence-electron chi connectivity index (χ0n) is 15.3. The van der Waals surface area contributed by atoms with Crippen molar-refractivity contribution in [2.45, 2.75) is 13.5 Å². The molecule has 3 rings (SSSR count). The molecule has 2 heterocycles. The average molecular weight is 435 g/mol. The molecule has 0 aliphatic carbocycles. The minimum absolute atomic E-state index is 0.0623. The fourth-order valence-corrected chi connectivity index (χ4v) is 3.36. The maximum absolute atomic E-state index is 14.4. The summed E-state index contributed by atoms with van der Waals surface area (Å²) in [7, 11) is 0. The third-order valence-electron chi connectivity index (χ3n) is 3.83. The Morgan fingerprint density at radius 1 is 1.41 bits per heavy atom. The average Bonchev–Trinajstić information content (AvgIpc) is 3.09. The van der Waals surface area contributed by atoms with Crippen LogP contribution in [0.2, 0.25) is 10.0 Å². The molecule has 0 radical (unpaired) electrons. The van der Waals surface area contributed by atoms with Crippen molar-refractivity contribution in [1.82, 2.24) is 14.8 Å². The number of aliphatic hydroxyl groups excluding tert-OH is 1. The number of nitrogens with zero attached hydrogens (tertiary/aromatic N) is 4. The number of hydrogen-bond donors (Lipinski definition) is 3. The standard InChI is InChI=1S/C19H17Cl2FN6O/c1-10(2)3-16(25-9-23)26-19-12-7-28(27-17(12)15(22)6-24-19)18-13(20)4-11(8-29)5-14(18)21/h3-7,9,29H,1,8H2,2H3,(H2,23,25)(H,24,26)/b16-3+. The zero-order chi connectivity index (χ0) is 21.1. The van der Waals surface area contributed by atoms with Gasteiger partial charge in [0.2, 0.25) is 0 Å². The van der Waals surface area contributed by atoms with E-state index in [1.54, 1.807) is 31.3 Å². The molecular weight excluding hydrogens is 418 g/mol. The maximum atomic E-state index is 14.4. The number of hydrogen-bond acceptors (Lipinski definition) is 5. The zero-order valence-corrected chi connectivity index (χ0v) is 16.8. The molecule has 10 heteroatoms. The van der Waals surface area contributed by atoms with Gasteiger partial charge in [0.15, 0.2) is 5.82 Å². The molecule has 2 aromatic heterocycles. The Hall–Kier alpha value is -2.94. The molecule has 0 unspecified atom stereocenters. The number of pyridine rings is 1. The summed E-state index contributed by atoms with van der Waals surface area (Å²) in [5.74, 6) is 0.0674. The molecule has 0 amide bonds. The van der Waals surface area contributed by atoms with Crippen LogP contribution in [-0.2, 0) is 6.61 Å². The first-order valence-electron chi connectivity index (χ1n) is 8.35. The van der Waals surface area contributed by atoms with Crippen molar-refractivity contribution in [3.8, 4) is 5.69 Å². The van der Waals surface area contributed by atoms with E-state index >= 15 is 0 Å². The van der Waals surface area contributed by atoms with Crippen LogP contribution in [0.4, 0.5) is 10.2 Å². The Balaban J connectivity index is 2.15. The number of anilines is 1. The molecule has 1 aromatic carbocycles. The van der Waals surface area contributed by atoms with E-state index in [0.29, 0.717) is 28.3 Å². The molecule has 0 aliphatic rings. The molecule has 3 aromatic rings. The van der Waals surface area contributed by atoms with Gasteiger partial charge in [-0.15, -0.1) is 0 Å². The summed E-state index contributed by atoms with van der Waals surface area (Å²) in [6, 6.07) is 3.12. The third-order valence-corrected chi connectivity index (χ3v) is 4.41. The van der Waals surface area contributed by atoms with E-state index in [0.717, 1.165) is 18.1 Å². The number of fused-ring (bicyclic) bond motifs is 1. The maximum Gasteiger partial charge on any atom is 0.169 e. The van der Waals surface area contributed by atoms with Crippen LogP contribution < -0.4 is 11.1 Å². The number of nitrogens with two attached hydrogens (primary N) is 1. The van der Waals surface area contributed by atoms with Crippen molar-refractivity contribution < 1.29 is 9.50 Å². The van der Waals surface area contributed by atoms with Gasteiger partial charge in [0, 0.05) is 6.20 Å². The van der Waals surface area contributed by atoms with Gasteiger partial charge in [-0.05, 0) is 30.7 Å². The van der Waals surface area contributed by atoms with Gasteiger partial charge >= 0.3 is 0 Å². The second kappa shape index (κ2) is 8.60. The highest BCUT2D eigenvalue weighted by Crippen LogP contribution is 2.33. The van der Waals surface area contributed by atoms with E-state index in [1.165, 1.54) is 4.68 Å². The van der Waals surface area contributed by atoms with Crippen LogP contribution in [0.3, 0.4) is 0 Å². The van der Waals surface area contributed by atoms with Crippen LogP contribution in [0, 0.1) is 5.82 Å². The second-order valence-electron chi connectivity index (χ2n) is 6.14. The molecule has 7 nitrogen and oxygen atoms in total. The smallest absolute Gasteiger partial charge is 0.169 e. The molecule has 150 valence electrons. The Morgan fingerprint density at radius 3 is 2.69 bits per heavy atom. The monoisotopic (exact) mass is 434 g/mol. The number of allylic oxidation sites excluding steroid dienone is 2. The fraction of sp³-hybridized carbons (Fsp3) is 0.105. The highest BCUT2D eigenvalue weighted by molar-refractivity contribution is 6.37. The molecule has 0 atom stereocenters. The summed E-state index contributed by atoms with van der Waals surface area (Å²) < 4.78 is 15.7. The van der Waals surface area contributed by atoms with E-state index < -0.39 is 5.82 Å². The molecule has 0 spiro atoms. The lowest BCUT2D eigenvalue weighted by molar-refractivity contribution is 0.282. The highest BCUT2D eigenvalue weighted by atomic mass is 35.5. The van der Waals surface area contributed by atoms with Crippen LogP contribution in [0.1, 0.15) is 12.5 Å². The van der Waals surface area contributed by atoms with Gasteiger partial charge < -0.3 is 16.2 Å². The predicted molar refractivity (Wildman–Crippen MR) is 114 cm³/mol. The van der Waals surface area contributed by atoms with Crippen molar-refractivity contribution >= 4 is 46.3 Å². The van der Waals surface area contributed by atoms with Crippen molar-refractivity contribution in [2.75, 3.05) is 5.32 Å². The Labute approximate surface area is 176 Å². The lowest BCUT2D eigenvalue weighted by Gasteiger charge is -2.08. The van der Waals surface area contributed by atoms with Gasteiger partial charge in [-0.1, -0.05) is 35.4 Å². The summed E-state index contributed by atoms with van der Waals surface area (Å²) in [5.41, 5.74) is 7.08. The quantitative estimate of drug-likeness (QED) is 0.307. The Morgan fingerprint density at radius 2 is 2.10 bits per heavy atom. The molecule has 0 bridgehead atoms. The van der Waals surface area contributed by atoms with Crippen LogP contribution in [0.15, 0.2) is 53.6 Å². The minimum Gasteiger partial charge on any atom is -0.392 e.